The first-order chi connectivity index (χ1) is 35.4. The van der Waals surface area contributed by atoms with Crippen molar-refractivity contribution in [2.45, 2.75) is 95.2 Å². The molecule has 4 heterocycles. The summed E-state index contributed by atoms with van der Waals surface area (Å²) < 4.78 is 78.1. The van der Waals surface area contributed by atoms with Crippen LogP contribution >= 0.6 is 11.6 Å². The molecule has 2 saturated heterocycles. The van der Waals surface area contributed by atoms with Crippen LogP contribution in [-0.2, 0) is 22.2 Å². The molecule has 5 aromatic rings. The molecule has 9 rings (SSSR count). The number of nitrogens with zero attached hydrogens (tertiary/aromatic N) is 5. The van der Waals surface area contributed by atoms with Gasteiger partial charge in [0.05, 0.1) is 22.6 Å². The second-order valence-electron chi connectivity index (χ2n) is 20.1. The summed E-state index contributed by atoms with van der Waals surface area (Å²) in [5.41, 5.74) is 5.17. The number of anilines is 1. The molecular weight excluding hydrogens is 984 g/mol. The highest BCUT2D eigenvalue weighted by atomic mass is 35.5. The number of carbonyl (C=O) groups excluding carboxylic acids is 4. The second-order valence-corrected chi connectivity index (χ2v) is 20.5. The number of nitrogens with two attached hydrogens (primary N) is 1. The fraction of sp³-hybridized carbons (Fsp3) is 0.463. The first kappa shape index (κ1) is 52.6. The largest absolute Gasteiger partial charge is 0.488 e. The van der Waals surface area contributed by atoms with E-state index in [4.69, 9.17) is 26.8 Å². The average Bonchev–Trinajstić information content (AvgIpc) is 3.86. The zero-order chi connectivity index (χ0) is 52.7. The van der Waals surface area contributed by atoms with E-state index >= 15 is 17.6 Å². The lowest BCUT2D eigenvalue weighted by Crippen LogP contribution is -2.49. The molecule has 4 aliphatic rings. The number of hydrogen-bond donors (Lipinski definition) is 4. The van der Waals surface area contributed by atoms with Crippen molar-refractivity contribution < 1.29 is 51.3 Å². The topological polar surface area (TPSA) is 185 Å². The number of hydrogen-bond acceptors (Lipinski definition) is 10. The number of piperidine rings is 1. The average molecular weight is 1050 g/mol. The molecular formula is C54H61ClF4N8O7. The Kier molecular flexibility index (Phi) is 15.3. The number of benzene rings is 4. The van der Waals surface area contributed by atoms with Gasteiger partial charge in [0, 0.05) is 91.9 Å². The number of amides is 5. The Bertz CT molecular complexity index is 2980. The van der Waals surface area contributed by atoms with Crippen LogP contribution in [0, 0.1) is 29.2 Å². The molecule has 4 aromatic carbocycles. The van der Waals surface area contributed by atoms with Gasteiger partial charge in [-0.3, -0.25) is 29.3 Å². The number of aromatic nitrogens is 2. The van der Waals surface area contributed by atoms with Gasteiger partial charge < -0.3 is 35.4 Å². The molecule has 1 aromatic heterocycles. The summed E-state index contributed by atoms with van der Waals surface area (Å²) in [7, 11) is 1.54. The SMILES string of the molecule is CC(C)N(CCN1CCC(c2c(F)cc3c(N4CCC(=O)NC4=O)nn(C)c3c2F)CC1)C(=O)C1CCC(NCC2(c3ccccc3)Oc3cc(F)c(Cl)c(-c4c(C(N)=O)ccc(OCCO)c4F)c3C2C)CC1. The summed E-state index contributed by atoms with van der Waals surface area (Å²) in [5, 5.41) is 19.4. The van der Waals surface area contributed by atoms with E-state index in [1.165, 1.54) is 33.8 Å². The van der Waals surface area contributed by atoms with Crippen LogP contribution in [0.15, 0.2) is 54.6 Å². The number of urea groups is 1. The predicted molar refractivity (Wildman–Crippen MR) is 270 cm³/mol. The molecule has 3 fully saturated rings. The Morgan fingerprint density at radius 3 is 2.35 bits per heavy atom. The third-order valence-corrected chi connectivity index (χ3v) is 15.9. The van der Waals surface area contributed by atoms with E-state index < -0.39 is 64.3 Å². The fourth-order valence-electron chi connectivity index (χ4n) is 11.6. The van der Waals surface area contributed by atoms with Crippen molar-refractivity contribution >= 4 is 52.1 Å². The van der Waals surface area contributed by atoms with E-state index in [-0.39, 0.29) is 106 Å². The number of rotatable bonds is 16. The highest BCUT2D eigenvalue weighted by molar-refractivity contribution is 6.34. The monoisotopic (exact) mass is 1040 g/mol. The van der Waals surface area contributed by atoms with Crippen molar-refractivity contribution in [3.63, 3.8) is 0 Å². The number of likely N-dealkylation sites (tertiary alicyclic amines) is 1. The van der Waals surface area contributed by atoms with E-state index in [2.05, 4.69) is 20.6 Å². The van der Waals surface area contributed by atoms with Crippen molar-refractivity contribution in [3.05, 3.63) is 105 Å². The lowest BCUT2D eigenvalue weighted by Gasteiger charge is -2.39. The van der Waals surface area contributed by atoms with E-state index in [1.54, 1.807) is 7.05 Å². The number of halogens is 5. The summed E-state index contributed by atoms with van der Waals surface area (Å²) in [5.74, 6) is -5.87. The third-order valence-electron chi connectivity index (χ3n) is 15.5. The molecule has 0 radical (unpaired) electrons. The summed E-state index contributed by atoms with van der Waals surface area (Å²) in [6.45, 7) is 7.79. The van der Waals surface area contributed by atoms with Gasteiger partial charge in [-0.2, -0.15) is 5.10 Å². The quantitative estimate of drug-likeness (QED) is 0.0706. The molecule has 5 amide bonds. The maximum Gasteiger partial charge on any atom is 0.329 e. The van der Waals surface area contributed by atoms with Gasteiger partial charge >= 0.3 is 6.03 Å². The molecule has 15 nitrogen and oxygen atoms in total. The number of imide groups is 1. The first-order valence-electron chi connectivity index (χ1n) is 25.3. The number of nitrogens with one attached hydrogen (secondary N) is 2. The van der Waals surface area contributed by atoms with Crippen molar-refractivity contribution in [2.24, 2.45) is 18.7 Å². The van der Waals surface area contributed by atoms with Crippen LogP contribution in [0.3, 0.4) is 0 Å². The molecule has 20 heteroatoms. The molecule has 1 saturated carbocycles. The number of carbonyl (C=O) groups is 4. The molecule has 5 N–H and O–H groups in total. The van der Waals surface area contributed by atoms with Gasteiger partial charge in [0.1, 0.15) is 29.5 Å². The van der Waals surface area contributed by atoms with E-state index in [0.717, 1.165) is 5.56 Å². The Labute approximate surface area is 431 Å². The number of ether oxygens (including phenoxy) is 2. The summed E-state index contributed by atoms with van der Waals surface area (Å²) >= 11 is 6.72. The summed E-state index contributed by atoms with van der Waals surface area (Å²) in [6.07, 6.45) is 3.71. The third kappa shape index (κ3) is 9.79. The van der Waals surface area contributed by atoms with Crippen LogP contribution < -0.4 is 30.7 Å². The number of aliphatic hydroxyl groups excluding tert-OH is 1. The van der Waals surface area contributed by atoms with Crippen molar-refractivity contribution in [1.82, 2.24) is 30.2 Å². The molecule has 0 bridgehead atoms. The smallest absolute Gasteiger partial charge is 0.329 e. The number of fused-ring (bicyclic) bond motifs is 2. The normalized spacial score (nSPS) is 21.5. The minimum atomic E-state index is -1.16. The highest BCUT2D eigenvalue weighted by Crippen LogP contribution is 2.56. The Morgan fingerprint density at radius 2 is 1.69 bits per heavy atom. The second kappa shape index (κ2) is 21.5. The van der Waals surface area contributed by atoms with Gasteiger partial charge in [-0.25, -0.2) is 22.4 Å². The zero-order valence-corrected chi connectivity index (χ0v) is 42.5. The Balaban J connectivity index is 0.841. The van der Waals surface area contributed by atoms with Crippen LogP contribution in [0.2, 0.25) is 5.02 Å². The van der Waals surface area contributed by atoms with Gasteiger partial charge in [-0.15, -0.1) is 0 Å². The van der Waals surface area contributed by atoms with Crippen molar-refractivity contribution in [3.8, 4) is 22.6 Å². The fourth-order valence-corrected chi connectivity index (χ4v) is 11.8. The summed E-state index contributed by atoms with van der Waals surface area (Å²) in [6, 6.07) is 13.6. The maximum absolute atomic E-state index is 16.5. The molecule has 3 aliphatic heterocycles. The predicted octanol–water partition coefficient (Wildman–Crippen LogP) is 8.02. The zero-order valence-electron chi connectivity index (χ0n) is 41.8. The molecule has 2 unspecified atom stereocenters. The first-order valence-corrected chi connectivity index (χ1v) is 25.7. The van der Waals surface area contributed by atoms with E-state index in [0.29, 0.717) is 70.3 Å². The van der Waals surface area contributed by atoms with Crippen molar-refractivity contribution in [1.29, 1.82) is 0 Å². The van der Waals surface area contributed by atoms with Gasteiger partial charge in [-0.05, 0) is 95.1 Å². The van der Waals surface area contributed by atoms with Gasteiger partial charge in [0.15, 0.2) is 28.8 Å². The van der Waals surface area contributed by atoms with Gasteiger partial charge in [0.25, 0.3) is 0 Å². The van der Waals surface area contributed by atoms with Crippen LogP contribution in [0.1, 0.15) is 105 Å². The number of aryl methyl sites for hydroxylation is 1. The standard InChI is InChI=1S/C54H61ClF4N8O7/c1-29(2)66(23-22-65-19-16-31(17-20-65)43-37(56)26-36-49(48(43)59)64(4)63-51(36)67-21-18-41(69)62-53(67)72)52(71)32-10-12-34(13-11-32)61-28-54(33-8-6-5-7-9-33)30(3)42-40(74-54)27-38(57)46(55)45(42)44-35(50(60)70)14-15-39(47(44)58)73-25-24-68/h5-9,14-15,26-27,29-32,34,61,68H,10-13,16-25,28H2,1-4H3,(H2,60,70)(H,62,69,72). The summed E-state index contributed by atoms with van der Waals surface area (Å²) in [4.78, 5) is 56.7. The molecule has 1 aliphatic carbocycles. The van der Waals surface area contributed by atoms with Crippen LogP contribution in [-0.4, -0.2) is 113 Å². The van der Waals surface area contributed by atoms with E-state index in [1.807, 2.05) is 56.0 Å². The van der Waals surface area contributed by atoms with Gasteiger partial charge in [0.2, 0.25) is 17.7 Å². The number of primary amides is 1. The molecule has 394 valence electrons. The Morgan fingerprint density at radius 1 is 0.973 bits per heavy atom. The van der Waals surface area contributed by atoms with E-state index in [9.17, 15) is 24.3 Å². The highest BCUT2D eigenvalue weighted by Gasteiger charge is 2.50. The molecule has 0 spiro atoms. The minimum Gasteiger partial charge on any atom is -0.488 e. The lowest BCUT2D eigenvalue weighted by molar-refractivity contribution is -0.138. The number of aliphatic hydroxyl groups is 1. The van der Waals surface area contributed by atoms with Crippen LogP contribution in [0.5, 0.6) is 11.5 Å². The lowest BCUT2D eigenvalue weighted by atomic mass is 9.77. The van der Waals surface area contributed by atoms with Crippen LogP contribution in [0.4, 0.5) is 28.2 Å². The van der Waals surface area contributed by atoms with Crippen LogP contribution in [0.25, 0.3) is 22.0 Å². The minimum absolute atomic E-state index is 0.00492. The molecule has 74 heavy (non-hydrogen) atoms. The molecule has 2 atom stereocenters. The Hall–Kier alpha value is -6.28. The van der Waals surface area contributed by atoms with Crippen molar-refractivity contribution in [2.75, 3.05) is 57.4 Å². The van der Waals surface area contributed by atoms with Gasteiger partial charge in [-0.1, -0.05) is 48.9 Å². The maximum atomic E-state index is 16.5.